The fraction of sp³-hybridized carbons (Fsp3) is 0.316. The van der Waals surface area contributed by atoms with E-state index in [1.54, 1.807) is 29.3 Å². The lowest BCUT2D eigenvalue weighted by Gasteiger charge is -2.30. The number of amides is 1. The number of allylic oxidation sites excluding steroid dienone is 5. The Bertz CT molecular complexity index is 494. The highest BCUT2D eigenvalue weighted by Crippen LogP contribution is 2.24. The van der Waals surface area contributed by atoms with Crippen molar-refractivity contribution in [2.75, 3.05) is 0 Å². The lowest BCUT2D eigenvalue weighted by Crippen LogP contribution is -2.38. The monoisotopic (exact) mass is 302 g/mol. The zero-order chi connectivity index (χ0) is 17.7. The highest BCUT2D eigenvalue weighted by atomic mass is 16.2. The Morgan fingerprint density at radius 1 is 1.14 bits per heavy atom. The molecule has 1 amide bonds. The van der Waals surface area contributed by atoms with Gasteiger partial charge in [-0.05, 0) is 31.6 Å². The van der Waals surface area contributed by atoms with Crippen molar-refractivity contribution in [2.45, 2.75) is 41.5 Å². The molecule has 0 fully saturated rings. The summed E-state index contributed by atoms with van der Waals surface area (Å²) in [5, 5.41) is 2.80. The van der Waals surface area contributed by atoms with Crippen LogP contribution >= 0.6 is 0 Å². The van der Waals surface area contributed by atoms with Crippen molar-refractivity contribution >= 4 is 5.91 Å². The van der Waals surface area contributed by atoms with Crippen LogP contribution < -0.4 is 5.32 Å². The zero-order valence-corrected chi connectivity index (χ0v) is 14.9. The Balaban J connectivity index is 0. The van der Waals surface area contributed by atoms with E-state index in [2.05, 4.69) is 25.1 Å². The number of carbonyl (C=O) groups excluding carboxylic acids is 1. The topological polar surface area (TPSA) is 32.3 Å². The fourth-order valence-corrected chi connectivity index (χ4v) is 1.66. The lowest BCUT2D eigenvalue weighted by atomic mass is 10.1. The molecule has 0 bridgehead atoms. The summed E-state index contributed by atoms with van der Waals surface area (Å²) in [6, 6.07) is 0. The van der Waals surface area contributed by atoms with Crippen LogP contribution in [-0.2, 0) is 4.79 Å². The van der Waals surface area contributed by atoms with Gasteiger partial charge in [-0.25, -0.2) is 0 Å². The molecule has 1 rings (SSSR count). The lowest BCUT2D eigenvalue weighted by molar-refractivity contribution is -0.118. The van der Waals surface area contributed by atoms with Gasteiger partial charge in [-0.15, -0.1) is 0 Å². The molecule has 0 atom stereocenters. The molecule has 0 aromatic heterocycles. The molecule has 0 unspecified atom stereocenters. The molecule has 22 heavy (non-hydrogen) atoms. The van der Waals surface area contributed by atoms with E-state index < -0.39 is 0 Å². The van der Waals surface area contributed by atoms with Crippen molar-refractivity contribution in [1.29, 1.82) is 0 Å². The average molecular weight is 302 g/mol. The molecule has 0 aliphatic carbocycles. The molecule has 0 radical (unpaired) electrons. The summed E-state index contributed by atoms with van der Waals surface area (Å²) in [6.45, 7) is 22.9. The minimum Gasteiger partial charge on any atom is -0.319 e. The van der Waals surface area contributed by atoms with E-state index in [-0.39, 0.29) is 5.91 Å². The van der Waals surface area contributed by atoms with E-state index in [9.17, 15) is 4.79 Å². The molecule has 3 heteroatoms. The van der Waals surface area contributed by atoms with Gasteiger partial charge in [-0.1, -0.05) is 59.6 Å². The molecule has 0 aromatic carbocycles. The largest absolute Gasteiger partial charge is 0.319 e. The van der Waals surface area contributed by atoms with Crippen molar-refractivity contribution in [3.63, 3.8) is 0 Å². The van der Waals surface area contributed by atoms with Gasteiger partial charge in [0.15, 0.2) is 0 Å². The maximum Gasteiger partial charge on any atom is 0.272 e. The van der Waals surface area contributed by atoms with E-state index >= 15 is 0 Å². The normalized spacial score (nSPS) is 15.9. The van der Waals surface area contributed by atoms with Gasteiger partial charge in [0.2, 0.25) is 0 Å². The average Bonchev–Trinajstić information content (AvgIpc) is 2.58. The van der Waals surface area contributed by atoms with Crippen LogP contribution in [0, 0.1) is 0 Å². The summed E-state index contributed by atoms with van der Waals surface area (Å²) in [5.74, 6) is -0.166. The third kappa shape index (κ3) is 5.60. The number of nitrogens with zero attached hydrogens (tertiary/aromatic N) is 1. The van der Waals surface area contributed by atoms with Crippen LogP contribution in [0.2, 0.25) is 0 Å². The van der Waals surface area contributed by atoms with Crippen LogP contribution in [0.1, 0.15) is 41.5 Å². The third-order valence-electron chi connectivity index (χ3n) is 2.62. The van der Waals surface area contributed by atoms with Crippen molar-refractivity contribution in [2.24, 2.45) is 0 Å². The SMILES string of the molecule is C=CC1=C(/C=C(/C)C=C)N(C=C)/C(=C\C)C(=O)N1.CC.CC. The molecule has 0 spiro atoms. The second-order valence-electron chi connectivity index (χ2n) is 3.78. The van der Waals surface area contributed by atoms with E-state index in [1.165, 1.54) is 0 Å². The van der Waals surface area contributed by atoms with Crippen molar-refractivity contribution in [3.05, 3.63) is 72.9 Å². The Morgan fingerprint density at radius 2 is 1.68 bits per heavy atom. The van der Waals surface area contributed by atoms with Gasteiger partial charge in [0.05, 0.1) is 11.4 Å². The minimum atomic E-state index is -0.166. The summed E-state index contributed by atoms with van der Waals surface area (Å²) in [7, 11) is 0. The van der Waals surface area contributed by atoms with Crippen LogP contribution in [-0.4, -0.2) is 10.8 Å². The van der Waals surface area contributed by atoms with Crippen LogP contribution in [0.4, 0.5) is 0 Å². The summed E-state index contributed by atoms with van der Waals surface area (Å²) in [5.41, 5.74) is 3.01. The minimum absolute atomic E-state index is 0.166. The van der Waals surface area contributed by atoms with Crippen LogP contribution in [0.5, 0.6) is 0 Å². The Labute approximate surface area is 136 Å². The first-order valence-corrected chi connectivity index (χ1v) is 7.66. The quantitative estimate of drug-likeness (QED) is 0.582. The molecule has 3 nitrogen and oxygen atoms in total. The molecule has 1 heterocycles. The van der Waals surface area contributed by atoms with Gasteiger partial charge >= 0.3 is 0 Å². The number of nitrogens with one attached hydrogen (secondary N) is 1. The van der Waals surface area contributed by atoms with Crippen LogP contribution in [0.15, 0.2) is 72.9 Å². The zero-order valence-electron chi connectivity index (χ0n) is 14.9. The van der Waals surface area contributed by atoms with E-state index in [1.807, 2.05) is 47.6 Å². The number of carbonyl (C=O) groups is 1. The number of rotatable bonds is 4. The summed E-state index contributed by atoms with van der Waals surface area (Å²) in [4.78, 5) is 13.6. The summed E-state index contributed by atoms with van der Waals surface area (Å²) < 4.78 is 0. The van der Waals surface area contributed by atoms with Crippen molar-refractivity contribution in [3.8, 4) is 0 Å². The maximum absolute atomic E-state index is 11.9. The molecule has 0 saturated carbocycles. The van der Waals surface area contributed by atoms with Crippen molar-refractivity contribution in [1.82, 2.24) is 10.2 Å². The molecule has 122 valence electrons. The second kappa shape index (κ2) is 12.5. The highest BCUT2D eigenvalue weighted by Gasteiger charge is 2.25. The first kappa shape index (κ1) is 22.0. The molecule has 0 saturated heterocycles. The van der Waals surface area contributed by atoms with E-state index in [0.29, 0.717) is 11.4 Å². The van der Waals surface area contributed by atoms with Crippen molar-refractivity contribution < 1.29 is 4.79 Å². The third-order valence-corrected chi connectivity index (χ3v) is 2.62. The first-order chi connectivity index (χ1) is 10.6. The van der Waals surface area contributed by atoms with Gasteiger partial charge in [0.1, 0.15) is 5.70 Å². The molecular formula is C19H30N2O. The fourth-order valence-electron chi connectivity index (χ4n) is 1.66. The first-order valence-electron chi connectivity index (χ1n) is 7.66. The summed E-state index contributed by atoms with van der Waals surface area (Å²) in [6.07, 6.45) is 8.64. The standard InChI is InChI=1S/C15H18N2O.2C2H6/c1-6-11(5)10-14-12(7-2)16-15(18)13(8-3)17(14)9-4;2*1-2/h6-10H,1-2,4H2,3,5H3,(H,16,18);2*1-2H3/b11-10-,13-8-;;. The maximum atomic E-state index is 11.9. The van der Waals surface area contributed by atoms with Gasteiger partial charge < -0.3 is 10.2 Å². The Hall–Kier alpha value is -2.29. The molecule has 1 aliphatic rings. The predicted octanol–water partition coefficient (Wildman–Crippen LogP) is 5.05. The Kier molecular flexibility index (Phi) is 12.4. The highest BCUT2D eigenvalue weighted by molar-refractivity contribution is 5.96. The predicted molar refractivity (Wildman–Crippen MR) is 97.8 cm³/mol. The molecule has 0 aromatic rings. The van der Waals surface area contributed by atoms with Gasteiger partial charge in [-0.3, -0.25) is 4.79 Å². The van der Waals surface area contributed by atoms with Gasteiger partial charge in [0, 0.05) is 6.20 Å². The smallest absolute Gasteiger partial charge is 0.272 e. The number of hydrogen-bond donors (Lipinski definition) is 1. The van der Waals surface area contributed by atoms with E-state index in [0.717, 1.165) is 11.3 Å². The second-order valence-corrected chi connectivity index (χ2v) is 3.78. The molecule has 1 aliphatic heterocycles. The van der Waals surface area contributed by atoms with Crippen LogP contribution in [0.3, 0.4) is 0 Å². The number of hydrogen-bond acceptors (Lipinski definition) is 2. The van der Waals surface area contributed by atoms with Gasteiger partial charge in [-0.2, -0.15) is 0 Å². The molecule has 1 N–H and O–H groups in total. The van der Waals surface area contributed by atoms with Gasteiger partial charge in [0.25, 0.3) is 5.91 Å². The van der Waals surface area contributed by atoms with E-state index in [4.69, 9.17) is 0 Å². The Morgan fingerprint density at radius 3 is 2.05 bits per heavy atom. The molecular weight excluding hydrogens is 272 g/mol. The summed E-state index contributed by atoms with van der Waals surface area (Å²) >= 11 is 0. The van der Waals surface area contributed by atoms with Crippen LogP contribution in [0.25, 0.3) is 0 Å².